The van der Waals surface area contributed by atoms with Crippen molar-refractivity contribution in [1.29, 1.82) is 0 Å². The average Bonchev–Trinajstić information content (AvgIpc) is 2.79. The average molecular weight is 295 g/mol. The lowest BCUT2D eigenvalue weighted by atomic mass is 9.93. The molecule has 2 rings (SSSR count). The fraction of sp³-hybridized carbons (Fsp3) is 0.562. The Labute approximate surface area is 125 Å². The molecular weight excluding hydrogens is 272 g/mol. The van der Waals surface area contributed by atoms with Gasteiger partial charge in [0.15, 0.2) is 17.6 Å². The summed E-state index contributed by atoms with van der Waals surface area (Å²) in [6.07, 6.45) is 1.56. The molecule has 0 aliphatic carbocycles. The van der Waals surface area contributed by atoms with Crippen molar-refractivity contribution in [1.82, 2.24) is 10.2 Å². The number of benzene rings is 1. The maximum absolute atomic E-state index is 13.6. The van der Waals surface area contributed by atoms with E-state index < -0.39 is 11.6 Å². The topological polar surface area (TPSA) is 27.6 Å². The first-order valence-electron chi connectivity index (χ1n) is 7.31. The van der Waals surface area contributed by atoms with Crippen LogP contribution in [0.2, 0.25) is 0 Å². The van der Waals surface area contributed by atoms with Crippen molar-refractivity contribution in [3.63, 3.8) is 0 Å². The number of guanidine groups is 1. The van der Waals surface area contributed by atoms with Gasteiger partial charge in [0.25, 0.3) is 0 Å². The van der Waals surface area contributed by atoms with Gasteiger partial charge in [0, 0.05) is 26.7 Å². The molecule has 0 unspecified atom stereocenters. The van der Waals surface area contributed by atoms with E-state index in [2.05, 4.69) is 29.1 Å². The molecule has 0 saturated carbocycles. The van der Waals surface area contributed by atoms with Crippen molar-refractivity contribution in [2.24, 2.45) is 10.4 Å². The zero-order valence-electron chi connectivity index (χ0n) is 12.9. The van der Waals surface area contributed by atoms with Gasteiger partial charge in [0.1, 0.15) is 0 Å². The molecule has 1 aliphatic heterocycles. The standard InChI is InChI=1S/C16H23F2N3/c1-16(2)8-10-21(11-16)15(19-3)20-9-7-12-5-4-6-13(17)14(12)18/h4-6H,7-11H2,1-3H3,(H,19,20). The summed E-state index contributed by atoms with van der Waals surface area (Å²) in [7, 11) is 1.75. The van der Waals surface area contributed by atoms with Crippen molar-refractivity contribution in [2.45, 2.75) is 26.7 Å². The largest absolute Gasteiger partial charge is 0.356 e. The summed E-state index contributed by atoms with van der Waals surface area (Å²) in [5, 5.41) is 3.23. The highest BCUT2D eigenvalue weighted by Gasteiger charge is 2.30. The predicted molar refractivity (Wildman–Crippen MR) is 81.4 cm³/mol. The molecule has 1 heterocycles. The minimum Gasteiger partial charge on any atom is -0.356 e. The highest BCUT2D eigenvalue weighted by atomic mass is 19.2. The van der Waals surface area contributed by atoms with E-state index in [1.54, 1.807) is 13.1 Å². The predicted octanol–water partition coefficient (Wildman–Crippen LogP) is 2.81. The third-order valence-corrected chi connectivity index (χ3v) is 3.90. The first-order valence-corrected chi connectivity index (χ1v) is 7.31. The number of hydrogen-bond donors (Lipinski definition) is 1. The number of nitrogens with one attached hydrogen (secondary N) is 1. The van der Waals surface area contributed by atoms with E-state index in [1.807, 2.05) is 0 Å². The Morgan fingerprint density at radius 1 is 1.38 bits per heavy atom. The van der Waals surface area contributed by atoms with Crippen molar-refractivity contribution in [3.8, 4) is 0 Å². The quantitative estimate of drug-likeness (QED) is 0.686. The van der Waals surface area contributed by atoms with Gasteiger partial charge < -0.3 is 10.2 Å². The lowest BCUT2D eigenvalue weighted by Crippen LogP contribution is -2.41. The van der Waals surface area contributed by atoms with Gasteiger partial charge in [0.05, 0.1) is 0 Å². The van der Waals surface area contributed by atoms with Crippen LogP contribution in [0.25, 0.3) is 0 Å². The number of nitrogens with zero attached hydrogens (tertiary/aromatic N) is 2. The SMILES string of the molecule is CN=C(NCCc1cccc(F)c1F)N1CCC(C)(C)C1. The second-order valence-corrected chi connectivity index (χ2v) is 6.27. The molecule has 1 saturated heterocycles. The normalized spacial score (nSPS) is 18.1. The van der Waals surface area contributed by atoms with Crippen LogP contribution < -0.4 is 5.32 Å². The van der Waals surface area contributed by atoms with Crippen molar-refractivity contribution in [3.05, 3.63) is 35.4 Å². The molecular formula is C16H23F2N3. The highest BCUT2D eigenvalue weighted by molar-refractivity contribution is 5.80. The molecule has 0 atom stereocenters. The number of aliphatic imine (C=N–C) groups is 1. The maximum Gasteiger partial charge on any atom is 0.193 e. The summed E-state index contributed by atoms with van der Waals surface area (Å²) in [5.74, 6) is -0.716. The maximum atomic E-state index is 13.6. The molecule has 21 heavy (non-hydrogen) atoms. The van der Waals surface area contributed by atoms with Gasteiger partial charge in [-0.15, -0.1) is 0 Å². The van der Waals surface area contributed by atoms with Crippen LogP contribution in [0.15, 0.2) is 23.2 Å². The Morgan fingerprint density at radius 2 is 2.14 bits per heavy atom. The fourth-order valence-electron chi connectivity index (χ4n) is 2.68. The molecule has 116 valence electrons. The minimum atomic E-state index is -0.793. The van der Waals surface area contributed by atoms with Gasteiger partial charge in [0.2, 0.25) is 0 Å². The van der Waals surface area contributed by atoms with Crippen LogP contribution in [-0.2, 0) is 6.42 Å². The Bertz CT molecular complexity index is 526. The van der Waals surface area contributed by atoms with Gasteiger partial charge >= 0.3 is 0 Å². The summed E-state index contributed by atoms with van der Waals surface area (Å²) in [4.78, 5) is 6.48. The smallest absolute Gasteiger partial charge is 0.193 e. The second-order valence-electron chi connectivity index (χ2n) is 6.27. The third kappa shape index (κ3) is 3.93. The first kappa shape index (κ1) is 15.7. The highest BCUT2D eigenvalue weighted by Crippen LogP contribution is 2.28. The van der Waals surface area contributed by atoms with E-state index in [1.165, 1.54) is 6.07 Å². The molecule has 0 radical (unpaired) electrons. The van der Waals surface area contributed by atoms with Gasteiger partial charge in [-0.2, -0.15) is 0 Å². The minimum absolute atomic E-state index is 0.298. The molecule has 1 aromatic rings. The van der Waals surface area contributed by atoms with Crippen LogP contribution in [0, 0.1) is 17.0 Å². The Morgan fingerprint density at radius 3 is 2.76 bits per heavy atom. The summed E-state index contributed by atoms with van der Waals surface area (Å²) >= 11 is 0. The number of hydrogen-bond acceptors (Lipinski definition) is 1. The third-order valence-electron chi connectivity index (χ3n) is 3.90. The zero-order chi connectivity index (χ0) is 15.5. The molecule has 1 aliphatic rings. The van der Waals surface area contributed by atoms with Crippen LogP contribution in [0.5, 0.6) is 0 Å². The van der Waals surface area contributed by atoms with Gasteiger partial charge in [-0.1, -0.05) is 26.0 Å². The van der Waals surface area contributed by atoms with Gasteiger partial charge in [-0.25, -0.2) is 8.78 Å². The van der Waals surface area contributed by atoms with Crippen LogP contribution >= 0.6 is 0 Å². The summed E-state index contributed by atoms with van der Waals surface area (Å²) < 4.78 is 26.7. The van der Waals surface area contributed by atoms with E-state index in [4.69, 9.17) is 0 Å². The van der Waals surface area contributed by atoms with Crippen LogP contribution in [0.4, 0.5) is 8.78 Å². The van der Waals surface area contributed by atoms with Crippen molar-refractivity contribution < 1.29 is 8.78 Å². The monoisotopic (exact) mass is 295 g/mol. The molecule has 0 bridgehead atoms. The molecule has 0 spiro atoms. The lowest BCUT2D eigenvalue weighted by molar-refractivity contribution is 0.370. The fourth-order valence-corrected chi connectivity index (χ4v) is 2.68. The van der Waals surface area contributed by atoms with E-state index in [-0.39, 0.29) is 0 Å². The molecule has 5 heteroatoms. The van der Waals surface area contributed by atoms with Crippen molar-refractivity contribution >= 4 is 5.96 Å². The Kier molecular flexibility index (Phi) is 4.80. The Hall–Kier alpha value is -1.65. The van der Waals surface area contributed by atoms with Crippen molar-refractivity contribution in [2.75, 3.05) is 26.7 Å². The van der Waals surface area contributed by atoms with Crippen LogP contribution in [0.3, 0.4) is 0 Å². The zero-order valence-corrected chi connectivity index (χ0v) is 12.9. The number of likely N-dealkylation sites (tertiary alicyclic amines) is 1. The van der Waals surface area contributed by atoms with E-state index in [9.17, 15) is 8.78 Å². The van der Waals surface area contributed by atoms with E-state index in [0.717, 1.165) is 31.5 Å². The number of halogens is 2. The molecule has 1 fully saturated rings. The first-order chi connectivity index (χ1) is 9.93. The number of rotatable bonds is 3. The van der Waals surface area contributed by atoms with Crippen LogP contribution in [-0.4, -0.2) is 37.5 Å². The summed E-state index contributed by atoms with van der Waals surface area (Å²) in [6.45, 7) is 6.94. The Balaban J connectivity index is 1.89. The second kappa shape index (κ2) is 6.41. The molecule has 0 amide bonds. The molecule has 3 nitrogen and oxygen atoms in total. The van der Waals surface area contributed by atoms with Crippen LogP contribution in [0.1, 0.15) is 25.8 Å². The molecule has 1 N–H and O–H groups in total. The van der Waals surface area contributed by atoms with E-state index in [0.29, 0.717) is 23.9 Å². The van der Waals surface area contributed by atoms with Gasteiger partial charge in [-0.3, -0.25) is 4.99 Å². The molecule has 0 aromatic heterocycles. The van der Waals surface area contributed by atoms with Gasteiger partial charge in [-0.05, 0) is 29.9 Å². The molecule has 1 aromatic carbocycles. The summed E-state index contributed by atoms with van der Waals surface area (Å²) in [6, 6.07) is 4.28. The lowest BCUT2D eigenvalue weighted by Gasteiger charge is -2.23. The summed E-state index contributed by atoms with van der Waals surface area (Å²) in [5.41, 5.74) is 0.687. The van der Waals surface area contributed by atoms with E-state index >= 15 is 0 Å².